The number of nitrogens with zero attached hydrogens (tertiary/aromatic N) is 5. The predicted molar refractivity (Wildman–Crippen MR) is 423 cm³/mol. The van der Waals surface area contributed by atoms with Crippen LogP contribution in [0.25, 0.3) is 116 Å². The highest BCUT2D eigenvalue weighted by molar-refractivity contribution is 6.16. The highest BCUT2D eigenvalue weighted by Crippen LogP contribution is 2.54. The SMILES string of the molecule is CC(C)(C)C1=Cc2c(n(-c3c(-c4ccccc4)c(-n4c5ccc(C(C)(C)C)cc5c5cc(C(C)(C)C)ccc54)c(-n4c5ccc(C(C)(C)C)cc5c5cc(C(C)(C)C)ccc54)c(C#N)c3-n3c4ccc(C(C)(C)C)cc4c4cc(C(C)(C)C)ccc43)c3ccc(C(C)(C)C)cc23)CC1. The molecule has 1 aliphatic rings. The third-order valence-electron chi connectivity index (χ3n) is 21.8. The van der Waals surface area contributed by atoms with Gasteiger partial charge >= 0.3 is 0 Å². The fourth-order valence-electron chi connectivity index (χ4n) is 15.7. The maximum atomic E-state index is 13.7. The van der Waals surface area contributed by atoms with Crippen LogP contribution in [0.3, 0.4) is 0 Å². The largest absolute Gasteiger partial charge is 0.310 e. The van der Waals surface area contributed by atoms with Crippen LogP contribution >= 0.6 is 0 Å². The van der Waals surface area contributed by atoms with Crippen LogP contribution in [0, 0.1) is 16.7 Å². The summed E-state index contributed by atoms with van der Waals surface area (Å²) in [6.45, 7) is 56.0. The Balaban J connectivity index is 1.35. The highest BCUT2D eigenvalue weighted by Gasteiger charge is 2.38. The summed E-state index contributed by atoms with van der Waals surface area (Å²) in [5.41, 5.74) is 25.6. The molecular weight excluding hydrogens is 1190 g/mol. The number of hydrogen-bond acceptors (Lipinski definition) is 1. The summed E-state index contributed by atoms with van der Waals surface area (Å²) in [5.74, 6) is 0. The van der Waals surface area contributed by atoms with E-state index in [2.05, 4.69) is 354 Å². The van der Waals surface area contributed by atoms with E-state index < -0.39 is 0 Å². The predicted octanol–water partition coefficient (Wildman–Crippen LogP) is 25.9. The van der Waals surface area contributed by atoms with Gasteiger partial charge in [-0.05, 0) is 186 Å². The van der Waals surface area contributed by atoms with Gasteiger partial charge in [0.2, 0.25) is 0 Å². The molecule has 9 aromatic carbocycles. The third-order valence-corrected chi connectivity index (χ3v) is 21.8. The molecule has 1 aliphatic carbocycles. The van der Waals surface area contributed by atoms with E-state index in [4.69, 9.17) is 0 Å². The number of aromatic nitrogens is 4. The summed E-state index contributed by atoms with van der Waals surface area (Å²) in [6, 6.07) is 65.1. The van der Waals surface area contributed by atoms with E-state index in [1.54, 1.807) is 0 Å². The number of benzene rings is 9. The third kappa shape index (κ3) is 10.8. The molecule has 0 saturated carbocycles. The van der Waals surface area contributed by atoms with Gasteiger partial charge < -0.3 is 18.3 Å². The van der Waals surface area contributed by atoms with Crippen molar-refractivity contribution in [2.45, 2.75) is 217 Å². The van der Waals surface area contributed by atoms with Crippen molar-refractivity contribution in [2.75, 3.05) is 0 Å². The molecule has 0 aliphatic heterocycles. The van der Waals surface area contributed by atoms with E-state index in [-0.39, 0.29) is 43.3 Å². The summed E-state index contributed by atoms with van der Waals surface area (Å²) in [4.78, 5) is 0. The summed E-state index contributed by atoms with van der Waals surface area (Å²) >= 11 is 0. The topological polar surface area (TPSA) is 43.5 Å². The molecular formula is C93H103N5. The Morgan fingerprint density at radius 1 is 0.286 bits per heavy atom. The van der Waals surface area contributed by atoms with Crippen LogP contribution in [0.15, 0.2) is 163 Å². The molecule has 500 valence electrons. The zero-order valence-corrected chi connectivity index (χ0v) is 63.2. The molecule has 0 amide bonds. The van der Waals surface area contributed by atoms with Gasteiger partial charge in [-0.2, -0.15) is 5.26 Å². The first-order valence-electron chi connectivity index (χ1n) is 36.0. The van der Waals surface area contributed by atoms with E-state index in [0.717, 1.165) is 96.1 Å². The minimum Gasteiger partial charge on any atom is -0.310 e. The fourth-order valence-corrected chi connectivity index (χ4v) is 15.7. The van der Waals surface area contributed by atoms with Gasteiger partial charge in [-0.15, -0.1) is 0 Å². The number of fused-ring (bicyclic) bond motifs is 12. The van der Waals surface area contributed by atoms with Crippen LogP contribution in [0.5, 0.6) is 0 Å². The van der Waals surface area contributed by atoms with Gasteiger partial charge in [0, 0.05) is 54.5 Å². The van der Waals surface area contributed by atoms with Gasteiger partial charge in [0.05, 0.1) is 61.4 Å². The average molecular weight is 1290 g/mol. The van der Waals surface area contributed by atoms with Crippen molar-refractivity contribution in [3.63, 3.8) is 0 Å². The van der Waals surface area contributed by atoms with Gasteiger partial charge in [0.15, 0.2) is 0 Å². The first kappa shape index (κ1) is 66.4. The van der Waals surface area contributed by atoms with Crippen molar-refractivity contribution >= 4 is 82.4 Å². The van der Waals surface area contributed by atoms with Crippen molar-refractivity contribution in [3.05, 3.63) is 219 Å². The van der Waals surface area contributed by atoms with Crippen LogP contribution < -0.4 is 0 Å². The Hall–Kier alpha value is -8.85. The second kappa shape index (κ2) is 22.1. The number of rotatable bonds is 5. The molecule has 5 nitrogen and oxygen atoms in total. The van der Waals surface area contributed by atoms with Crippen LogP contribution in [0.1, 0.15) is 228 Å². The Morgan fingerprint density at radius 2 is 0.551 bits per heavy atom. The van der Waals surface area contributed by atoms with E-state index in [0.29, 0.717) is 5.56 Å². The van der Waals surface area contributed by atoms with Crippen LogP contribution in [-0.4, -0.2) is 18.3 Å². The van der Waals surface area contributed by atoms with Gasteiger partial charge in [0.25, 0.3) is 0 Å². The normalized spacial score (nSPS) is 14.1. The summed E-state index contributed by atoms with van der Waals surface area (Å²) in [7, 11) is 0. The van der Waals surface area contributed by atoms with Crippen molar-refractivity contribution in [1.82, 2.24) is 18.3 Å². The Labute approximate surface area is 583 Å². The summed E-state index contributed by atoms with van der Waals surface area (Å²) in [5, 5.41) is 21.9. The molecule has 4 aromatic heterocycles. The maximum Gasteiger partial charge on any atom is 0.104 e. The quantitative estimate of drug-likeness (QED) is 0.169. The van der Waals surface area contributed by atoms with Crippen LogP contribution in [0.4, 0.5) is 0 Å². The number of allylic oxidation sites excluding steroid dienone is 1. The molecule has 0 saturated heterocycles. The van der Waals surface area contributed by atoms with Crippen molar-refractivity contribution in [3.8, 4) is 39.9 Å². The lowest BCUT2D eigenvalue weighted by molar-refractivity contribution is 0.483. The van der Waals surface area contributed by atoms with Crippen LogP contribution in [0.2, 0.25) is 0 Å². The second-order valence-electron chi connectivity index (χ2n) is 37.1. The Morgan fingerprint density at radius 3 is 0.827 bits per heavy atom. The number of hydrogen-bond donors (Lipinski definition) is 0. The molecule has 98 heavy (non-hydrogen) atoms. The average Bonchev–Trinajstić information content (AvgIpc) is 1.49. The molecule has 4 heterocycles. The highest BCUT2D eigenvalue weighted by atomic mass is 15.1. The Bertz CT molecular complexity index is 5340. The van der Waals surface area contributed by atoms with Crippen molar-refractivity contribution < 1.29 is 0 Å². The monoisotopic (exact) mass is 1290 g/mol. The van der Waals surface area contributed by atoms with Gasteiger partial charge in [-0.25, -0.2) is 0 Å². The molecule has 0 unspecified atom stereocenters. The maximum absolute atomic E-state index is 13.7. The first-order chi connectivity index (χ1) is 45.6. The molecule has 0 spiro atoms. The lowest BCUT2D eigenvalue weighted by Gasteiger charge is -2.31. The summed E-state index contributed by atoms with van der Waals surface area (Å²) < 4.78 is 10.3. The van der Waals surface area contributed by atoms with Crippen LogP contribution in [-0.2, 0) is 44.3 Å². The zero-order valence-electron chi connectivity index (χ0n) is 63.2. The van der Waals surface area contributed by atoms with Gasteiger partial charge in [-0.1, -0.05) is 251 Å². The molecule has 0 radical (unpaired) electrons. The molecule has 0 bridgehead atoms. The van der Waals surface area contributed by atoms with Gasteiger partial charge in [0.1, 0.15) is 11.6 Å². The van der Waals surface area contributed by atoms with E-state index in [1.165, 1.54) is 82.7 Å². The molecule has 14 rings (SSSR count). The minimum absolute atomic E-state index is 0.0580. The smallest absolute Gasteiger partial charge is 0.104 e. The molecule has 13 aromatic rings. The first-order valence-corrected chi connectivity index (χ1v) is 36.0. The summed E-state index contributed by atoms with van der Waals surface area (Å²) in [6.07, 6.45) is 4.26. The Kier molecular flexibility index (Phi) is 15.0. The minimum atomic E-state index is -0.144. The van der Waals surface area contributed by atoms with E-state index >= 15 is 0 Å². The van der Waals surface area contributed by atoms with E-state index in [1.807, 2.05) is 0 Å². The van der Waals surface area contributed by atoms with E-state index in [9.17, 15) is 5.26 Å². The lowest BCUT2D eigenvalue weighted by Crippen LogP contribution is -2.19. The fraction of sp³-hybridized carbons (Fsp3) is 0.366. The number of nitriles is 1. The molecule has 0 N–H and O–H groups in total. The lowest BCUT2D eigenvalue weighted by atomic mass is 9.79. The zero-order chi connectivity index (χ0) is 70.4. The molecule has 0 atom stereocenters. The van der Waals surface area contributed by atoms with Gasteiger partial charge in [-0.3, -0.25) is 0 Å². The molecule has 0 fully saturated rings. The molecule has 5 heteroatoms. The van der Waals surface area contributed by atoms with Crippen molar-refractivity contribution in [2.24, 2.45) is 5.41 Å². The van der Waals surface area contributed by atoms with Crippen molar-refractivity contribution in [1.29, 1.82) is 5.26 Å². The standard InChI is InChI=1S/C93H103N5/c1-86(2,3)56-30-38-73-64(46-56)65-47-57(87(4,5)6)31-39-74(65)95(73)82-72(54-94)83(96-75-40-32-58(88(7,8)9)48-66(75)67-49-59(89(10,11)12)33-41-76(67)96)85(98-79-44-36-62(92(19,20)21)52-70(79)71-53-63(93(22,23)24)37-45-80(71)98)81(55-28-26-25-27-29-55)84(82)97-77-42-34-60(90(13,14)15)50-68(77)69-51-61(91(16,17)18)35-43-78(69)97/h25-36,38-44,46-53H,37,45H2,1-24H3. The second-order valence-corrected chi connectivity index (χ2v) is 37.1.